The third-order valence-corrected chi connectivity index (χ3v) is 6.14. The Hall–Kier alpha value is -3.72. The third-order valence-electron chi connectivity index (χ3n) is 4.38. The standard InChI is InChI=1S/C22H22N4O4S/c1-17(18-11-13-19(30-2)14-12-18)24-25-22(27)16-26(21-10-6-7-15-23-21)31(28,29)20-8-4-3-5-9-20/h3-15H,16H2,1-2H3,(H,25,27)/b24-17-. The molecule has 0 aliphatic carbocycles. The molecule has 1 N–H and O–H groups in total. The average Bonchev–Trinajstić information content (AvgIpc) is 2.82. The second-order valence-electron chi connectivity index (χ2n) is 6.47. The quantitative estimate of drug-likeness (QED) is 0.431. The molecule has 9 heteroatoms. The zero-order valence-electron chi connectivity index (χ0n) is 17.1. The van der Waals surface area contributed by atoms with E-state index in [2.05, 4.69) is 15.5 Å². The molecule has 0 saturated heterocycles. The minimum Gasteiger partial charge on any atom is -0.497 e. The second kappa shape index (κ2) is 9.86. The van der Waals surface area contributed by atoms with Crippen molar-refractivity contribution in [2.45, 2.75) is 11.8 Å². The number of aromatic nitrogens is 1. The van der Waals surface area contributed by atoms with E-state index in [0.29, 0.717) is 11.5 Å². The summed E-state index contributed by atoms with van der Waals surface area (Å²) in [5.41, 5.74) is 3.77. The number of benzene rings is 2. The van der Waals surface area contributed by atoms with Crippen LogP contribution in [0.4, 0.5) is 5.82 Å². The molecule has 0 spiro atoms. The molecule has 0 aliphatic heterocycles. The number of amides is 1. The highest BCUT2D eigenvalue weighted by Crippen LogP contribution is 2.21. The Morgan fingerprint density at radius 2 is 1.71 bits per heavy atom. The van der Waals surface area contributed by atoms with E-state index in [4.69, 9.17) is 4.74 Å². The molecule has 0 unspecified atom stereocenters. The maximum absolute atomic E-state index is 13.1. The van der Waals surface area contributed by atoms with E-state index < -0.39 is 22.5 Å². The number of ether oxygens (including phenoxy) is 1. The van der Waals surface area contributed by atoms with Crippen molar-refractivity contribution in [1.29, 1.82) is 0 Å². The highest BCUT2D eigenvalue weighted by molar-refractivity contribution is 7.92. The van der Waals surface area contributed by atoms with E-state index in [0.717, 1.165) is 9.87 Å². The van der Waals surface area contributed by atoms with Crippen LogP contribution < -0.4 is 14.5 Å². The Labute approximate surface area is 181 Å². The molecule has 0 saturated carbocycles. The Morgan fingerprint density at radius 1 is 1.03 bits per heavy atom. The summed E-state index contributed by atoms with van der Waals surface area (Å²) in [5, 5.41) is 4.09. The molecule has 1 heterocycles. The summed E-state index contributed by atoms with van der Waals surface area (Å²) >= 11 is 0. The summed E-state index contributed by atoms with van der Waals surface area (Å²) in [7, 11) is -2.42. The first-order valence-corrected chi connectivity index (χ1v) is 10.8. The number of hydrogen-bond acceptors (Lipinski definition) is 6. The number of carbonyl (C=O) groups excluding carboxylic acids is 1. The van der Waals surface area contributed by atoms with Gasteiger partial charge in [-0.2, -0.15) is 5.10 Å². The molecule has 8 nitrogen and oxygen atoms in total. The van der Waals surface area contributed by atoms with E-state index in [1.54, 1.807) is 56.5 Å². The average molecular weight is 439 g/mol. The number of methoxy groups -OCH3 is 1. The number of sulfonamides is 1. The minimum absolute atomic E-state index is 0.0615. The molecule has 160 valence electrons. The Kier molecular flexibility index (Phi) is 6.99. The number of nitrogens with zero attached hydrogens (tertiary/aromatic N) is 3. The summed E-state index contributed by atoms with van der Waals surface area (Å²) in [6.45, 7) is 1.26. The van der Waals surface area contributed by atoms with Crippen molar-refractivity contribution in [1.82, 2.24) is 10.4 Å². The van der Waals surface area contributed by atoms with Gasteiger partial charge in [-0.25, -0.2) is 23.1 Å². The smallest absolute Gasteiger partial charge is 0.265 e. The minimum atomic E-state index is -4.00. The number of hydrogen-bond donors (Lipinski definition) is 1. The van der Waals surface area contributed by atoms with Crippen LogP contribution in [0, 0.1) is 0 Å². The predicted octanol–water partition coefficient (Wildman–Crippen LogP) is 2.83. The van der Waals surface area contributed by atoms with Crippen molar-refractivity contribution in [2.75, 3.05) is 18.0 Å². The Bertz CT molecular complexity index is 1150. The zero-order valence-corrected chi connectivity index (χ0v) is 17.9. The summed E-state index contributed by atoms with van der Waals surface area (Å²) < 4.78 is 32.4. The lowest BCUT2D eigenvalue weighted by molar-refractivity contribution is -0.119. The highest BCUT2D eigenvalue weighted by atomic mass is 32.2. The van der Waals surface area contributed by atoms with Gasteiger partial charge in [0, 0.05) is 6.20 Å². The Balaban J connectivity index is 1.80. The molecule has 3 rings (SSSR count). The topological polar surface area (TPSA) is 101 Å². The van der Waals surface area contributed by atoms with Crippen LogP contribution in [0.15, 0.2) is 89.0 Å². The Morgan fingerprint density at radius 3 is 2.32 bits per heavy atom. The first-order valence-electron chi connectivity index (χ1n) is 9.38. The number of rotatable bonds is 8. The maximum atomic E-state index is 13.1. The normalized spacial score (nSPS) is 11.6. The van der Waals surface area contributed by atoms with Gasteiger partial charge in [0.05, 0.1) is 17.7 Å². The van der Waals surface area contributed by atoms with Crippen LogP contribution in [-0.4, -0.2) is 38.7 Å². The number of hydrazone groups is 1. The lowest BCUT2D eigenvalue weighted by atomic mass is 10.1. The largest absolute Gasteiger partial charge is 0.497 e. The van der Waals surface area contributed by atoms with Crippen molar-refractivity contribution in [3.63, 3.8) is 0 Å². The van der Waals surface area contributed by atoms with Gasteiger partial charge >= 0.3 is 0 Å². The SMILES string of the molecule is COc1ccc(/C(C)=N\NC(=O)CN(c2ccccn2)S(=O)(=O)c2ccccc2)cc1. The molecule has 2 aromatic carbocycles. The lowest BCUT2D eigenvalue weighted by Gasteiger charge is -2.22. The van der Waals surface area contributed by atoms with Gasteiger partial charge < -0.3 is 4.74 Å². The number of pyridine rings is 1. The predicted molar refractivity (Wildman–Crippen MR) is 119 cm³/mol. The molecule has 0 bridgehead atoms. The van der Waals surface area contributed by atoms with Gasteiger partial charge in [-0.3, -0.25) is 4.79 Å². The third kappa shape index (κ3) is 5.46. The number of nitrogens with one attached hydrogen (secondary N) is 1. The first kappa shape index (κ1) is 22.0. The number of carbonyl (C=O) groups is 1. The van der Waals surface area contributed by atoms with Crippen LogP contribution in [0.5, 0.6) is 5.75 Å². The molecule has 3 aromatic rings. The molecular formula is C22H22N4O4S. The van der Waals surface area contributed by atoms with Crippen molar-refractivity contribution in [2.24, 2.45) is 5.10 Å². The summed E-state index contributed by atoms with van der Waals surface area (Å²) in [4.78, 5) is 16.7. The van der Waals surface area contributed by atoms with Gasteiger partial charge in [0.1, 0.15) is 18.1 Å². The van der Waals surface area contributed by atoms with Crippen LogP contribution >= 0.6 is 0 Å². The van der Waals surface area contributed by atoms with Gasteiger partial charge in [-0.05, 0) is 61.0 Å². The first-order chi connectivity index (χ1) is 14.9. The van der Waals surface area contributed by atoms with E-state index in [-0.39, 0.29) is 10.7 Å². The molecule has 1 aromatic heterocycles. The molecule has 1 amide bonds. The maximum Gasteiger partial charge on any atom is 0.265 e. The fourth-order valence-electron chi connectivity index (χ4n) is 2.72. The summed E-state index contributed by atoms with van der Waals surface area (Å²) in [6, 6.07) is 19.9. The lowest BCUT2D eigenvalue weighted by Crippen LogP contribution is -2.40. The zero-order chi connectivity index (χ0) is 22.3. The van der Waals surface area contributed by atoms with Crippen LogP contribution in [0.3, 0.4) is 0 Å². The highest BCUT2D eigenvalue weighted by Gasteiger charge is 2.27. The van der Waals surface area contributed by atoms with E-state index in [1.807, 2.05) is 12.1 Å². The fourth-order valence-corrected chi connectivity index (χ4v) is 4.12. The van der Waals surface area contributed by atoms with E-state index >= 15 is 0 Å². The van der Waals surface area contributed by atoms with Gasteiger partial charge in [0.2, 0.25) is 0 Å². The van der Waals surface area contributed by atoms with Crippen molar-refractivity contribution < 1.29 is 17.9 Å². The molecule has 31 heavy (non-hydrogen) atoms. The van der Waals surface area contributed by atoms with Crippen molar-refractivity contribution >= 4 is 27.5 Å². The molecule has 0 atom stereocenters. The van der Waals surface area contributed by atoms with Gasteiger partial charge in [0.15, 0.2) is 0 Å². The monoisotopic (exact) mass is 438 g/mol. The van der Waals surface area contributed by atoms with Crippen molar-refractivity contribution in [3.8, 4) is 5.75 Å². The molecule has 0 aliphatic rings. The molecule has 0 fully saturated rings. The van der Waals surface area contributed by atoms with E-state index in [9.17, 15) is 13.2 Å². The number of anilines is 1. The van der Waals surface area contributed by atoms with Crippen LogP contribution in [0.1, 0.15) is 12.5 Å². The second-order valence-corrected chi connectivity index (χ2v) is 8.34. The van der Waals surface area contributed by atoms with E-state index in [1.165, 1.54) is 24.4 Å². The van der Waals surface area contributed by atoms with Gasteiger partial charge in [-0.15, -0.1) is 0 Å². The van der Waals surface area contributed by atoms with Gasteiger partial charge in [-0.1, -0.05) is 24.3 Å². The van der Waals surface area contributed by atoms with Gasteiger partial charge in [0.25, 0.3) is 15.9 Å². The molecular weight excluding hydrogens is 416 g/mol. The fraction of sp³-hybridized carbons (Fsp3) is 0.136. The van der Waals surface area contributed by atoms with Crippen LogP contribution in [0.25, 0.3) is 0 Å². The van der Waals surface area contributed by atoms with Crippen LogP contribution in [-0.2, 0) is 14.8 Å². The summed E-state index contributed by atoms with van der Waals surface area (Å²) in [5.74, 6) is 0.244. The molecule has 0 radical (unpaired) electrons. The van der Waals surface area contributed by atoms with Crippen molar-refractivity contribution in [3.05, 3.63) is 84.6 Å². The summed E-state index contributed by atoms with van der Waals surface area (Å²) in [6.07, 6.45) is 1.47. The van der Waals surface area contributed by atoms with Crippen LogP contribution in [0.2, 0.25) is 0 Å².